The van der Waals surface area contributed by atoms with E-state index >= 15 is 0 Å². The SMILES string of the molecule is Cc1cccc(Cn2nc(NC(=O)c3ccncc3)cc2C)c1. The lowest BCUT2D eigenvalue weighted by Crippen LogP contribution is -2.13. The summed E-state index contributed by atoms with van der Waals surface area (Å²) in [4.78, 5) is 16.1. The molecule has 5 heteroatoms. The maximum absolute atomic E-state index is 12.1. The van der Waals surface area contributed by atoms with Crippen LogP contribution in [0.5, 0.6) is 0 Å². The smallest absolute Gasteiger partial charge is 0.256 e. The lowest BCUT2D eigenvalue weighted by atomic mass is 10.1. The van der Waals surface area contributed by atoms with E-state index in [0.717, 1.165) is 5.69 Å². The zero-order valence-corrected chi connectivity index (χ0v) is 13.2. The van der Waals surface area contributed by atoms with Gasteiger partial charge in [0, 0.05) is 29.7 Å². The minimum absolute atomic E-state index is 0.187. The number of pyridine rings is 1. The molecule has 0 aliphatic rings. The predicted molar refractivity (Wildman–Crippen MR) is 89.4 cm³/mol. The van der Waals surface area contributed by atoms with E-state index in [4.69, 9.17) is 0 Å². The second kappa shape index (κ2) is 6.44. The predicted octanol–water partition coefficient (Wildman–Crippen LogP) is 3.20. The Hall–Kier alpha value is -2.95. The first kappa shape index (κ1) is 15.0. The number of carbonyl (C=O) groups is 1. The van der Waals surface area contributed by atoms with Gasteiger partial charge in [0.15, 0.2) is 5.82 Å². The van der Waals surface area contributed by atoms with Crippen molar-refractivity contribution in [2.24, 2.45) is 0 Å². The van der Waals surface area contributed by atoms with E-state index in [9.17, 15) is 4.79 Å². The number of hydrogen-bond donors (Lipinski definition) is 1. The van der Waals surface area contributed by atoms with Crippen molar-refractivity contribution in [1.29, 1.82) is 0 Å². The highest BCUT2D eigenvalue weighted by Gasteiger charge is 2.10. The van der Waals surface area contributed by atoms with E-state index in [1.54, 1.807) is 24.5 Å². The fraction of sp³-hybridized carbons (Fsp3) is 0.167. The molecule has 3 aromatic rings. The Morgan fingerprint density at radius 1 is 1.13 bits per heavy atom. The second-order valence-electron chi connectivity index (χ2n) is 5.51. The fourth-order valence-electron chi connectivity index (χ4n) is 2.41. The van der Waals surface area contributed by atoms with Crippen LogP contribution in [0.4, 0.5) is 5.82 Å². The number of nitrogens with one attached hydrogen (secondary N) is 1. The summed E-state index contributed by atoms with van der Waals surface area (Å²) < 4.78 is 1.89. The molecule has 3 rings (SSSR count). The Kier molecular flexibility index (Phi) is 4.19. The summed E-state index contributed by atoms with van der Waals surface area (Å²) in [6.07, 6.45) is 3.19. The Morgan fingerprint density at radius 2 is 1.91 bits per heavy atom. The van der Waals surface area contributed by atoms with Gasteiger partial charge in [0.25, 0.3) is 5.91 Å². The zero-order chi connectivity index (χ0) is 16.2. The van der Waals surface area contributed by atoms with E-state index in [0.29, 0.717) is 17.9 Å². The number of benzene rings is 1. The molecule has 0 radical (unpaired) electrons. The summed E-state index contributed by atoms with van der Waals surface area (Å²) in [5.74, 6) is 0.365. The highest BCUT2D eigenvalue weighted by molar-refractivity contribution is 6.03. The van der Waals surface area contributed by atoms with Crippen LogP contribution in [0.2, 0.25) is 0 Å². The number of nitrogens with zero attached hydrogens (tertiary/aromatic N) is 3. The van der Waals surface area contributed by atoms with E-state index in [-0.39, 0.29) is 5.91 Å². The number of anilines is 1. The van der Waals surface area contributed by atoms with Crippen LogP contribution in [-0.4, -0.2) is 20.7 Å². The molecule has 0 bridgehead atoms. The quantitative estimate of drug-likeness (QED) is 0.805. The molecular weight excluding hydrogens is 288 g/mol. The Morgan fingerprint density at radius 3 is 2.65 bits per heavy atom. The summed E-state index contributed by atoms with van der Waals surface area (Å²) in [7, 11) is 0. The maximum atomic E-state index is 12.1. The molecule has 0 aliphatic carbocycles. The first-order valence-electron chi connectivity index (χ1n) is 7.43. The van der Waals surface area contributed by atoms with Crippen LogP contribution in [0.1, 0.15) is 27.2 Å². The van der Waals surface area contributed by atoms with E-state index in [1.807, 2.05) is 23.7 Å². The average Bonchev–Trinajstić information content (AvgIpc) is 2.87. The van der Waals surface area contributed by atoms with Gasteiger partial charge in [0.2, 0.25) is 0 Å². The van der Waals surface area contributed by atoms with Crippen molar-refractivity contribution in [3.05, 3.63) is 77.2 Å². The summed E-state index contributed by atoms with van der Waals surface area (Å²) in [6, 6.07) is 13.5. The molecule has 1 aromatic carbocycles. The lowest BCUT2D eigenvalue weighted by molar-refractivity contribution is 0.102. The number of hydrogen-bond acceptors (Lipinski definition) is 3. The van der Waals surface area contributed by atoms with Gasteiger partial charge in [0.05, 0.1) is 6.54 Å². The first-order chi connectivity index (χ1) is 11.1. The highest BCUT2D eigenvalue weighted by atomic mass is 16.1. The third-order valence-electron chi connectivity index (χ3n) is 3.58. The van der Waals surface area contributed by atoms with Crippen molar-refractivity contribution in [2.45, 2.75) is 20.4 Å². The molecule has 0 fully saturated rings. The summed E-state index contributed by atoms with van der Waals surface area (Å²) in [6.45, 7) is 4.73. The van der Waals surface area contributed by atoms with Crippen molar-refractivity contribution >= 4 is 11.7 Å². The van der Waals surface area contributed by atoms with Crippen molar-refractivity contribution in [3.8, 4) is 0 Å². The monoisotopic (exact) mass is 306 g/mol. The van der Waals surface area contributed by atoms with Gasteiger partial charge in [-0.15, -0.1) is 0 Å². The van der Waals surface area contributed by atoms with Gasteiger partial charge in [-0.2, -0.15) is 5.10 Å². The van der Waals surface area contributed by atoms with Crippen LogP contribution < -0.4 is 5.32 Å². The molecule has 23 heavy (non-hydrogen) atoms. The Bertz CT molecular complexity index is 824. The van der Waals surface area contributed by atoms with Gasteiger partial charge in [-0.25, -0.2) is 0 Å². The number of aromatic nitrogens is 3. The molecular formula is C18H18N4O. The average molecular weight is 306 g/mol. The number of rotatable bonds is 4. The third-order valence-corrected chi connectivity index (χ3v) is 3.58. The standard InChI is InChI=1S/C18H18N4O/c1-13-4-3-5-15(10-13)12-22-14(2)11-17(21-22)20-18(23)16-6-8-19-9-7-16/h3-11H,12H2,1-2H3,(H,20,21,23). The molecule has 0 unspecified atom stereocenters. The van der Waals surface area contributed by atoms with Crippen molar-refractivity contribution < 1.29 is 4.79 Å². The molecule has 0 atom stereocenters. The van der Waals surface area contributed by atoms with Crippen LogP contribution in [0.3, 0.4) is 0 Å². The van der Waals surface area contributed by atoms with Crippen molar-refractivity contribution in [2.75, 3.05) is 5.32 Å². The normalized spacial score (nSPS) is 10.5. The molecule has 2 heterocycles. The summed E-state index contributed by atoms with van der Waals surface area (Å²) in [5, 5.41) is 7.29. The fourth-order valence-corrected chi connectivity index (χ4v) is 2.41. The van der Waals surface area contributed by atoms with Gasteiger partial charge in [-0.1, -0.05) is 29.8 Å². The van der Waals surface area contributed by atoms with Crippen molar-refractivity contribution in [3.63, 3.8) is 0 Å². The van der Waals surface area contributed by atoms with Gasteiger partial charge < -0.3 is 5.32 Å². The van der Waals surface area contributed by atoms with E-state index in [1.165, 1.54) is 11.1 Å². The Labute approximate surface area is 135 Å². The highest BCUT2D eigenvalue weighted by Crippen LogP contribution is 2.13. The molecule has 1 N–H and O–H groups in total. The van der Waals surface area contributed by atoms with Gasteiger partial charge in [-0.05, 0) is 31.5 Å². The van der Waals surface area contributed by atoms with E-state index in [2.05, 4.69) is 40.5 Å². The molecule has 0 spiro atoms. The Balaban J connectivity index is 1.75. The molecule has 2 aromatic heterocycles. The molecule has 0 aliphatic heterocycles. The number of carbonyl (C=O) groups excluding carboxylic acids is 1. The molecule has 116 valence electrons. The lowest BCUT2D eigenvalue weighted by Gasteiger charge is -2.05. The van der Waals surface area contributed by atoms with Crippen LogP contribution in [0.15, 0.2) is 54.9 Å². The van der Waals surface area contributed by atoms with Crippen LogP contribution in [0.25, 0.3) is 0 Å². The van der Waals surface area contributed by atoms with Gasteiger partial charge >= 0.3 is 0 Å². The third kappa shape index (κ3) is 3.63. The largest absolute Gasteiger partial charge is 0.305 e. The summed E-state index contributed by atoms with van der Waals surface area (Å²) >= 11 is 0. The minimum Gasteiger partial charge on any atom is -0.305 e. The maximum Gasteiger partial charge on any atom is 0.256 e. The molecule has 5 nitrogen and oxygen atoms in total. The van der Waals surface area contributed by atoms with Crippen LogP contribution >= 0.6 is 0 Å². The van der Waals surface area contributed by atoms with Gasteiger partial charge in [-0.3, -0.25) is 14.5 Å². The topological polar surface area (TPSA) is 59.8 Å². The van der Waals surface area contributed by atoms with Crippen LogP contribution in [-0.2, 0) is 6.54 Å². The number of amides is 1. The van der Waals surface area contributed by atoms with Crippen LogP contribution in [0, 0.1) is 13.8 Å². The van der Waals surface area contributed by atoms with Gasteiger partial charge in [0.1, 0.15) is 0 Å². The second-order valence-corrected chi connectivity index (χ2v) is 5.51. The van der Waals surface area contributed by atoms with E-state index < -0.39 is 0 Å². The zero-order valence-electron chi connectivity index (χ0n) is 13.2. The summed E-state index contributed by atoms with van der Waals surface area (Å²) in [5.41, 5.74) is 3.96. The molecule has 0 saturated heterocycles. The van der Waals surface area contributed by atoms with Crippen molar-refractivity contribution in [1.82, 2.24) is 14.8 Å². The molecule has 1 amide bonds. The minimum atomic E-state index is -0.187. The first-order valence-corrected chi connectivity index (χ1v) is 7.43. The molecule has 0 saturated carbocycles. The number of aryl methyl sites for hydroxylation is 2.